The summed E-state index contributed by atoms with van der Waals surface area (Å²) < 4.78 is 0.961. The van der Waals surface area contributed by atoms with Gasteiger partial charge in [-0.2, -0.15) is 0 Å². The van der Waals surface area contributed by atoms with Crippen LogP contribution in [0.1, 0.15) is 38.4 Å². The van der Waals surface area contributed by atoms with Gasteiger partial charge < -0.3 is 10.7 Å². The van der Waals surface area contributed by atoms with Crippen LogP contribution in [-0.4, -0.2) is 21.0 Å². The van der Waals surface area contributed by atoms with Crippen LogP contribution in [0.3, 0.4) is 0 Å². The van der Waals surface area contributed by atoms with E-state index in [0.29, 0.717) is 0 Å². The van der Waals surface area contributed by atoms with Crippen LogP contribution in [0.2, 0.25) is 0 Å². The number of imidazole rings is 1. The second-order valence-corrected chi connectivity index (χ2v) is 6.30. The van der Waals surface area contributed by atoms with Crippen LogP contribution in [0.5, 0.6) is 0 Å². The minimum atomic E-state index is -0.0502. The summed E-state index contributed by atoms with van der Waals surface area (Å²) in [7, 11) is 0. The van der Waals surface area contributed by atoms with Crippen molar-refractivity contribution in [2.45, 2.75) is 44.1 Å². The molecule has 5 heteroatoms. The molecule has 2 atom stereocenters. The van der Waals surface area contributed by atoms with Gasteiger partial charge in [0.1, 0.15) is 5.82 Å². The first-order chi connectivity index (χ1) is 8.59. The zero-order valence-electron chi connectivity index (χ0n) is 10.4. The molecule has 2 unspecified atom stereocenters. The molecule has 0 radical (unpaired) electrons. The fraction of sp³-hybridized carbons (Fsp3) is 0.538. The first kappa shape index (κ1) is 12.1. The van der Waals surface area contributed by atoms with Crippen LogP contribution < -0.4 is 5.73 Å². The number of aromatic amines is 1. The Kier molecular flexibility index (Phi) is 2.90. The second kappa shape index (κ2) is 4.31. The van der Waals surface area contributed by atoms with Gasteiger partial charge in [0.15, 0.2) is 5.65 Å². The smallest absolute Gasteiger partial charge is 0.177 e. The van der Waals surface area contributed by atoms with Gasteiger partial charge in [-0.25, -0.2) is 9.97 Å². The largest absolute Gasteiger partial charge is 0.340 e. The summed E-state index contributed by atoms with van der Waals surface area (Å²) in [6.45, 7) is 2.21. The molecular weight excluding hydrogens is 292 g/mol. The number of hydrogen-bond acceptors (Lipinski definition) is 3. The van der Waals surface area contributed by atoms with Gasteiger partial charge in [-0.1, -0.05) is 19.8 Å². The number of H-pyrrole nitrogens is 1. The van der Waals surface area contributed by atoms with Gasteiger partial charge in [0.2, 0.25) is 0 Å². The lowest BCUT2D eigenvalue weighted by Crippen LogP contribution is -2.46. The highest BCUT2D eigenvalue weighted by molar-refractivity contribution is 9.10. The SMILES string of the molecule is CC1(c2nc3ncc(Br)cc3[nH]2)CCCCC1N. The fourth-order valence-electron chi connectivity index (χ4n) is 2.80. The summed E-state index contributed by atoms with van der Waals surface area (Å²) in [6, 6.07) is 2.19. The monoisotopic (exact) mass is 308 g/mol. The predicted octanol–water partition coefficient (Wildman–Crippen LogP) is 2.88. The standard InChI is InChI=1S/C13H17BrN4/c1-13(5-3-2-4-10(13)15)12-17-9-6-8(14)7-16-11(9)18-12/h6-7,10H,2-5,15H2,1H3,(H,16,17,18). The zero-order chi connectivity index (χ0) is 12.8. The Bertz CT molecular complexity index is 579. The molecule has 2 heterocycles. The maximum absolute atomic E-state index is 6.31. The van der Waals surface area contributed by atoms with Crippen molar-refractivity contribution in [3.05, 3.63) is 22.6 Å². The van der Waals surface area contributed by atoms with E-state index in [0.717, 1.165) is 34.3 Å². The van der Waals surface area contributed by atoms with Gasteiger partial charge in [-0.15, -0.1) is 0 Å². The lowest BCUT2D eigenvalue weighted by molar-refractivity contribution is 0.260. The number of nitrogens with one attached hydrogen (secondary N) is 1. The number of hydrogen-bond donors (Lipinski definition) is 2. The Hall–Kier alpha value is -0.940. The van der Waals surface area contributed by atoms with Gasteiger partial charge in [0.25, 0.3) is 0 Å². The van der Waals surface area contributed by atoms with E-state index in [1.54, 1.807) is 6.20 Å². The summed E-state index contributed by atoms with van der Waals surface area (Å²) in [4.78, 5) is 12.3. The number of nitrogens with zero attached hydrogens (tertiary/aromatic N) is 2. The third-order valence-corrected chi connectivity index (χ3v) is 4.56. The molecule has 0 aromatic carbocycles. The molecule has 2 aromatic heterocycles. The van der Waals surface area contributed by atoms with Crippen molar-refractivity contribution in [3.8, 4) is 0 Å². The van der Waals surface area contributed by atoms with E-state index in [9.17, 15) is 0 Å². The topological polar surface area (TPSA) is 67.6 Å². The maximum atomic E-state index is 6.31. The number of nitrogens with two attached hydrogens (primary N) is 1. The Labute approximate surface area is 115 Å². The molecule has 0 spiro atoms. The highest BCUT2D eigenvalue weighted by Crippen LogP contribution is 2.37. The molecule has 0 aliphatic heterocycles. The molecule has 1 aliphatic carbocycles. The highest BCUT2D eigenvalue weighted by atomic mass is 79.9. The minimum absolute atomic E-state index is 0.0502. The summed E-state index contributed by atoms with van der Waals surface area (Å²) in [6.07, 6.45) is 6.38. The van der Waals surface area contributed by atoms with Crippen LogP contribution in [0.4, 0.5) is 0 Å². The zero-order valence-corrected chi connectivity index (χ0v) is 12.0. The molecule has 0 bridgehead atoms. The van der Waals surface area contributed by atoms with Crippen LogP contribution in [0, 0.1) is 0 Å². The fourth-order valence-corrected chi connectivity index (χ4v) is 3.13. The Balaban J connectivity index is 2.07. The van der Waals surface area contributed by atoms with E-state index in [1.165, 1.54) is 12.8 Å². The molecule has 96 valence electrons. The second-order valence-electron chi connectivity index (χ2n) is 5.38. The van der Waals surface area contributed by atoms with Gasteiger partial charge in [-0.05, 0) is 34.8 Å². The number of aromatic nitrogens is 3. The van der Waals surface area contributed by atoms with Crippen LogP contribution in [0.25, 0.3) is 11.2 Å². The van der Waals surface area contributed by atoms with E-state index >= 15 is 0 Å². The molecular formula is C13H17BrN4. The summed E-state index contributed by atoms with van der Waals surface area (Å²) in [5.41, 5.74) is 8.00. The van der Waals surface area contributed by atoms with Crippen molar-refractivity contribution >= 4 is 27.1 Å². The number of rotatable bonds is 1. The van der Waals surface area contributed by atoms with Crippen LogP contribution in [-0.2, 0) is 5.41 Å². The molecule has 0 amide bonds. The molecule has 3 rings (SSSR count). The van der Waals surface area contributed by atoms with Crippen LogP contribution in [0.15, 0.2) is 16.7 Å². The predicted molar refractivity (Wildman–Crippen MR) is 75.4 cm³/mol. The average molecular weight is 309 g/mol. The Morgan fingerprint density at radius 3 is 3.11 bits per heavy atom. The van der Waals surface area contributed by atoms with Gasteiger partial charge >= 0.3 is 0 Å². The van der Waals surface area contributed by atoms with Crippen LogP contribution >= 0.6 is 15.9 Å². The third kappa shape index (κ3) is 1.86. The van der Waals surface area contributed by atoms with Crippen molar-refractivity contribution < 1.29 is 0 Å². The van der Waals surface area contributed by atoms with Crippen molar-refractivity contribution in [1.29, 1.82) is 0 Å². The van der Waals surface area contributed by atoms with Crippen molar-refractivity contribution in [3.63, 3.8) is 0 Å². The van der Waals surface area contributed by atoms with Crippen molar-refractivity contribution in [2.24, 2.45) is 5.73 Å². The number of halogens is 1. The van der Waals surface area contributed by atoms with E-state index in [1.807, 2.05) is 6.07 Å². The normalized spacial score (nSPS) is 28.7. The van der Waals surface area contributed by atoms with E-state index in [-0.39, 0.29) is 11.5 Å². The van der Waals surface area contributed by atoms with Crippen molar-refractivity contribution in [1.82, 2.24) is 15.0 Å². The van der Waals surface area contributed by atoms with E-state index in [2.05, 4.69) is 37.8 Å². The first-order valence-electron chi connectivity index (χ1n) is 6.37. The molecule has 2 aromatic rings. The molecule has 1 aliphatic rings. The summed E-state index contributed by atoms with van der Waals surface area (Å²) in [5.74, 6) is 0.982. The van der Waals surface area contributed by atoms with Crippen molar-refractivity contribution in [2.75, 3.05) is 0 Å². The molecule has 18 heavy (non-hydrogen) atoms. The highest BCUT2D eigenvalue weighted by Gasteiger charge is 2.38. The Morgan fingerprint density at radius 1 is 1.50 bits per heavy atom. The van der Waals surface area contributed by atoms with E-state index < -0.39 is 0 Å². The van der Waals surface area contributed by atoms with Gasteiger partial charge in [-0.3, -0.25) is 0 Å². The lowest BCUT2D eigenvalue weighted by Gasteiger charge is -2.37. The molecule has 1 saturated carbocycles. The lowest BCUT2D eigenvalue weighted by atomic mass is 9.71. The number of pyridine rings is 1. The summed E-state index contributed by atoms with van der Waals surface area (Å²) >= 11 is 3.43. The molecule has 4 nitrogen and oxygen atoms in total. The van der Waals surface area contributed by atoms with Gasteiger partial charge in [0, 0.05) is 22.1 Å². The average Bonchev–Trinajstić information content (AvgIpc) is 2.76. The number of fused-ring (bicyclic) bond motifs is 1. The molecule has 1 fully saturated rings. The minimum Gasteiger partial charge on any atom is -0.340 e. The summed E-state index contributed by atoms with van der Waals surface area (Å²) in [5, 5.41) is 0. The quantitative estimate of drug-likeness (QED) is 0.851. The Morgan fingerprint density at radius 2 is 2.33 bits per heavy atom. The van der Waals surface area contributed by atoms with E-state index in [4.69, 9.17) is 5.73 Å². The maximum Gasteiger partial charge on any atom is 0.177 e. The third-order valence-electron chi connectivity index (χ3n) is 4.12. The van der Waals surface area contributed by atoms with Gasteiger partial charge in [0.05, 0.1) is 5.52 Å². The molecule has 3 N–H and O–H groups in total. The first-order valence-corrected chi connectivity index (χ1v) is 7.16. The molecule has 0 saturated heterocycles.